The van der Waals surface area contributed by atoms with Gasteiger partial charge < -0.3 is 4.48 Å². The first-order valence-electron chi connectivity index (χ1n) is 4.50. The molecule has 0 aliphatic heterocycles. The summed E-state index contributed by atoms with van der Waals surface area (Å²) in [7, 11) is 4.36. The Hall–Kier alpha value is 0.250. The third-order valence-electron chi connectivity index (χ3n) is 1.94. The number of hydrogen-bond donors (Lipinski definition) is 0. The average molecular weight is 179 g/mol. The van der Waals surface area contributed by atoms with Crippen LogP contribution in [-0.4, -0.2) is 31.1 Å². The number of rotatable bonds is 6. The third-order valence-corrected chi connectivity index (χ3v) is 2.59. The Balaban J connectivity index is 3.23. The average Bonchev–Trinajstić information content (AvgIpc) is 1.99. The van der Waals surface area contributed by atoms with Crippen LogP contribution < -0.4 is 0 Å². The molecular formula is C9H21ClN+. The van der Waals surface area contributed by atoms with E-state index < -0.39 is 0 Å². The van der Waals surface area contributed by atoms with Gasteiger partial charge in [0.25, 0.3) is 0 Å². The van der Waals surface area contributed by atoms with E-state index in [-0.39, 0.29) is 0 Å². The molecule has 0 N–H and O–H groups in total. The van der Waals surface area contributed by atoms with Gasteiger partial charge in [0.1, 0.15) is 0 Å². The quantitative estimate of drug-likeness (QED) is 0.254. The SMILES string of the molecule is CCCCCC[N+](C)(C)CCl. The van der Waals surface area contributed by atoms with Crippen molar-refractivity contribution in [3.8, 4) is 0 Å². The number of quaternary nitrogens is 1. The molecule has 0 bridgehead atoms. The first kappa shape index (κ1) is 11.2. The molecule has 0 aliphatic carbocycles. The van der Waals surface area contributed by atoms with Gasteiger partial charge in [-0.3, -0.25) is 0 Å². The van der Waals surface area contributed by atoms with Gasteiger partial charge >= 0.3 is 0 Å². The van der Waals surface area contributed by atoms with E-state index >= 15 is 0 Å². The summed E-state index contributed by atoms with van der Waals surface area (Å²) in [6, 6.07) is 0.728. The topological polar surface area (TPSA) is 0 Å². The summed E-state index contributed by atoms with van der Waals surface area (Å²) in [5.74, 6) is 0. The van der Waals surface area contributed by atoms with Gasteiger partial charge in [-0.1, -0.05) is 31.4 Å². The van der Waals surface area contributed by atoms with Gasteiger partial charge in [-0.15, -0.1) is 0 Å². The highest BCUT2D eigenvalue weighted by Gasteiger charge is 2.10. The Labute approximate surface area is 75.9 Å². The fraction of sp³-hybridized carbons (Fsp3) is 1.00. The van der Waals surface area contributed by atoms with Gasteiger partial charge in [-0.2, -0.15) is 0 Å². The maximum absolute atomic E-state index is 5.78. The van der Waals surface area contributed by atoms with Gasteiger partial charge in [0, 0.05) is 0 Å². The first-order valence-corrected chi connectivity index (χ1v) is 5.04. The molecule has 0 saturated carbocycles. The van der Waals surface area contributed by atoms with Crippen molar-refractivity contribution in [3.05, 3.63) is 0 Å². The third kappa shape index (κ3) is 6.64. The molecule has 1 nitrogen and oxygen atoms in total. The van der Waals surface area contributed by atoms with Gasteiger partial charge in [0.2, 0.25) is 0 Å². The highest BCUT2D eigenvalue weighted by Crippen LogP contribution is 2.05. The molecule has 11 heavy (non-hydrogen) atoms. The lowest BCUT2D eigenvalue weighted by Gasteiger charge is -2.26. The minimum absolute atomic E-state index is 0.728. The molecule has 0 saturated heterocycles. The molecule has 68 valence electrons. The second-order valence-electron chi connectivity index (χ2n) is 3.84. The van der Waals surface area contributed by atoms with E-state index in [1.807, 2.05) is 0 Å². The Morgan fingerprint density at radius 1 is 1.09 bits per heavy atom. The monoisotopic (exact) mass is 178 g/mol. The molecule has 0 aliphatic rings. The largest absolute Gasteiger partial charge is 0.316 e. The second kappa shape index (κ2) is 5.84. The maximum Gasteiger partial charge on any atom is 0.154 e. The van der Waals surface area contributed by atoms with E-state index in [2.05, 4.69) is 21.0 Å². The first-order chi connectivity index (χ1) is 5.12. The summed E-state index contributed by atoms with van der Waals surface area (Å²) < 4.78 is 0.950. The minimum Gasteiger partial charge on any atom is -0.316 e. The van der Waals surface area contributed by atoms with E-state index in [0.717, 1.165) is 10.5 Å². The Morgan fingerprint density at radius 3 is 2.18 bits per heavy atom. The Bertz CT molecular complexity index is 91.6. The predicted molar refractivity (Wildman–Crippen MR) is 51.8 cm³/mol. The van der Waals surface area contributed by atoms with Crippen LogP contribution >= 0.6 is 11.6 Å². The van der Waals surface area contributed by atoms with Gasteiger partial charge in [-0.25, -0.2) is 0 Å². The van der Waals surface area contributed by atoms with Crippen LogP contribution in [0, 0.1) is 0 Å². The fourth-order valence-electron chi connectivity index (χ4n) is 1.03. The molecular weight excluding hydrogens is 158 g/mol. The van der Waals surface area contributed by atoms with Crippen molar-refractivity contribution in [2.75, 3.05) is 26.6 Å². The van der Waals surface area contributed by atoms with Crippen LogP contribution in [0.4, 0.5) is 0 Å². The van der Waals surface area contributed by atoms with Crippen molar-refractivity contribution in [1.29, 1.82) is 0 Å². The summed E-state index contributed by atoms with van der Waals surface area (Å²) in [5, 5.41) is 0. The smallest absolute Gasteiger partial charge is 0.154 e. The highest BCUT2D eigenvalue weighted by molar-refractivity contribution is 6.16. The van der Waals surface area contributed by atoms with E-state index in [4.69, 9.17) is 11.6 Å². The lowest BCUT2D eigenvalue weighted by atomic mass is 10.2. The molecule has 2 heteroatoms. The summed E-state index contributed by atoms with van der Waals surface area (Å²) in [5.41, 5.74) is 0. The molecule has 0 fully saturated rings. The van der Waals surface area contributed by atoms with E-state index in [9.17, 15) is 0 Å². The highest BCUT2D eigenvalue weighted by atomic mass is 35.5. The van der Waals surface area contributed by atoms with Crippen LogP contribution in [0.25, 0.3) is 0 Å². The molecule has 0 rings (SSSR count). The number of halogens is 1. The molecule has 0 heterocycles. The number of alkyl halides is 1. The van der Waals surface area contributed by atoms with Crippen LogP contribution in [0.3, 0.4) is 0 Å². The summed E-state index contributed by atoms with van der Waals surface area (Å²) in [6.45, 7) is 3.45. The lowest BCUT2D eigenvalue weighted by Crippen LogP contribution is -2.38. The second-order valence-corrected chi connectivity index (χ2v) is 4.08. The van der Waals surface area contributed by atoms with Crippen LogP contribution in [0.5, 0.6) is 0 Å². The lowest BCUT2D eigenvalue weighted by molar-refractivity contribution is -0.879. The molecule has 0 unspecified atom stereocenters. The molecule has 0 aromatic carbocycles. The zero-order valence-corrected chi connectivity index (χ0v) is 8.82. The van der Waals surface area contributed by atoms with Crippen molar-refractivity contribution in [1.82, 2.24) is 0 Å². The molecule has 0 amide bonds. The number of nitrogens with zero attached hydrogens (tertiary/aromatic N) is 1. The van der Waals surface area contributed by atoms with Gasteiger partial charge in [0.15, 0.2) is 6.00 Å². The van der Waals surface area contributed by atoms with Crippen molar-refractivity contribution < 1.29 is 4.48 Å². The summed E-state index contributed by atoms with van der Waals surface area (Å²) in [6.07, 6.45) is 5.35. The van der Waals surface area contributed by atoms with E-state index in [1.165, 1.54) is 32.2 Å². The molecule has 0 spiro atoms. The van der Waals surface area contributed by atoms with E-state index in [1.54, 1.807) is 0 Å². The summed E-state index contributed by atoms with van der Waals surface area (Å²) in [4.78, 5) is 0. The van der Waals surface area contributed by atoms with Crippen LogP contribution in [-0.2, 0) is 0 Å². The zero-order valence-electron chi connectivity index (χ0n) is 8.07. The summed E-state index contributed by atoms with van der Waals surface area (Å²) >= 11 is 5.78. The predicted octanol–water partition coefficient (Wildman–Crippen LogP) is 2.84. The van der Waals surface area contributed by atoms with E-state index in [0.29, 0.717) is 0 Å². The molecule has 0 atom stereocenters. The number of unbranched alkanes of at least 4 members (excludes halogenated alkanes) is 3. The van der Waals surface area contributed by atoms with Crippen LogP contribution in [0.15, 0.2) is 0 Å². The van der Waals surface area contributed by atoms with Crippen molar-refractivity contribution >= 4 is 11.6 Å². The van der Waals surface area contributed by atoms with Gasteiger partial charge in [-0.05, 0) is 12.8 Å². The molecule has 0 radical (unpaired) electrons. The minimum atomic E-state index is 0.728. The molecule has 0 aromatic rings. The van der Waals surface area contributed by atoms with Gasteiger partial charge in [0.05, 0.1) is 20.6 Å². The molecule has 0 aromatic heterocycles. The van der Waals surface area contributed by atoms with Crippen molar-refractivity contribution in [2.45, 2.75) is 32.6 Å². The Kier molecular flexibility index (Phi) is 5.98. The zero-order chi connectivity index (χ0) is 8.74. The Morgan fingerprint density at radius 2 is 1.73 bits per heavy atom. The van der Waals surface area contributed by atoms with Crippen molar-refractivity contribution in [3.63, 3.8) is 0 Å². The normalized spacial score (nSPS) is 12.0. The van der Waals surface area contributed by atoms with Crippen LogP contribution in [0.1, 0.15) is 32.6 Å². The van der Waals surface area contributed by atoms with Crippen LogP contribution in [0.2, 0.25) is 0 Å². The van der Waals surface area contributed by atoms with Crippen molar-refractivity contribution in [2.24, 2.45) is 0 Å². The fourth-order valence-corrected chi connectivity index (χ4v) is 1.15. The maximum atomic E-state index is 5.78. The standard InChI is InChI=1S/C9H21ClN/c1-4-5-6-7-8-11(2,3)9-10/h4-9H2,1-3H3/q+1. The number of hydrogen-bond acceptors (Lipinski definition) is 0.